The van der Waals surface area contributed by atoms with Crippen LogP contribution in [-0.4, -0.2) is 21.0 Å². The lowest BCUT2D eigenvalue weighted by Crippen LogP contribution is -2.20. The maximum absolute atomic E-state index is 10.1. The summed E-state index contributed by atoms with van der Waals surface area (Å²) in [4.78, 5) is 0. The molecule has 0 aliphatic heterocycles. The molecule has 1 heterocycles. The predicted molar refractivity (Wildman–Crippen MR) is 69.3 cm³/mol. The van der Waals surface area contributed by atoms with Crippen molar-refractivity contribution in [2.24, 2.45) is 5.92 Å². The number of hydrogen-bond acceptors (Lipinski definition) is 2. The molecule has 4 heteroatoms. The number of aliphatic hydroxyl groups is 1. The molecule has 3 nitrogen and oxygen atoms in total. The standard InChI is InChI=1S/C13H21ClN2O/c1-9-13(14)10(2)16(15-9)8-12(17)7-11-5-3-4-6-11/h11-12,17H,3-8H2,1-2H3. The van der Waals surface area contributed by atoms with E-state index in [0.29, 0.717) is 12.5 Å². The highest BCUT2D eigenvalue weighted by Gasteiger charge is 2.20. The van der Waals surface area contributed by atoms with Crippen LogP contribution in [0.1, 0.15) is 43.5 Å². The first-order valence-electron chi connectivity index (χ1n) is 6.45. The molecule has 1 aliphatic carbocycles. The second-order valence-electron chi connectivity index (χ2n) is 5.21. The van der Waals surface area contributed by atoms with Gasteiger partial charge in [0.2, 0.25) is 0 Å². The molecule has 17 heavy (non-hydrogen) atoms. The lowest BCUT2D eigenvalue weighted by molar-refractivity contribution is 0.119. The van der Waals surface area contributed by atoms with Crippen LogP contribution in [0, 0.1) is 19.8 Å². The Morgan fingerprint density at radius 1 is 1.41 bits per heavy atom. The summed E-state index contributed by atoms with van der Waals surface area (Å²) in [6, 6.07) is 0. The average Bonchev–Trinajstić information content (AvgIpc) is 2.85. The van der Waals surface area contributed by atoms with Crippen LogP contribution in [0.2, 0.25) is 5.02 Å². The molecule has 0 aromatic carbocycles. The Labute approximate surface area is 108 Å². The molecule has 1 aromatic heterocycles. The van der Waals surface area contributed by atoms with Crippen molar-refractivity contribution >= 4 is 11.6 Å². The maximum Gasteiger partial charge on any atom is 0.0844 e. The van der Waals surface area contributed by atoms with Crippen LogP contribution in [0.15, 0.2) is 0 Å². The monoisotopic (exact) mass is 256 g/mol. The normalized spacial score (nSPS) is 18.8. The Balaban J connectivity index is 1.92. The summed E-state index contributed by atoms with van der Waals surface area (Å²) in [5.74, 6) is 0.706. The zero-order valence-corrected chi connectivity index (χ0v) is 11.4. The fourth-order valence-electron chi connectivity index (χ4n) is 2.76. The van der Waals surface area contributed by atoms with E-state index in [1.165, 1.54) is 25.7 Å². The molecule has 1 saturated carbocycles. The van der Waals surface area contributed by atoms with Crippen molar-refractivity contribution in [3.05, 3.63) is 16.4 Å². The minimum Gasteiger partial charge on any atom is -0.391 e. The number of aliphatic hydroxyl groups excluding tert-OH is 1. The Morgan fingerprint density at radius 2 is 2.06 bits per heavy atom. The van der Waals surface area contributed by atoms with E-state index in [2.05, 4.69) is 5.10 Å². The molecule has 1 fully saturated rings. The van der Waals surface area contributed by atoms with Gasteiger partial charge in [-0.3, -0.25) is 4.68 Å². The number of aryl methyl sites for hydroxylation is 1. The second-order valence-corrected chi connectivity index (χ2v) is 5.58. The highest BCUT2D eigenvalue weighted by atomic mass is 35.5. The molecule has 1 unspecified atom stereocenters. The number of rotatable bonds is 4. The largest absolute Gasteiger partial charge is 0.391 e. The van der Waals surface area contributed by atoms with Crippen LogP contribution in [-0.2, 0) is 6.54 Å². The van der Waals surface area contributed by atoms with Crippen LogP contribution >= 0.6 is 11.6 Å². The molecule has 1 aliphatic rings. The summed E-state index contributed by atoms with van der Waals surface area (Å²) in [5.41, 5.74) is 1.80. The number of hydrogen-bond donors (Lipinski definition) is 1. The fraction of sp³-hybridized carbons (Fsp3) is 0.769. The van der Waals surface area contributed by atoms with Crippen molar-refractivity contribution in [3.63, 3.8) is 0 Å². The van der Waals surface area contributed by atoms with Crippen molar-refractivity contribution in [3.8, 4) is 0 Å². The van der Waals surface area contributed by atoms with E-state index >= 15 is 0 Å². The minimum atomic E-state index is -0.299. The summed E-state index contributed by atoms with van der Waals surface area (Å²) in [6.45, 7) is 4.41. The maximum atomic E-state index is 10.1. The summed E-state index contributed by atoms with van der Waals surface area (Å²) in [5, 5.41) is 15.2. The van der Waals surface area contributed by atoms with Crippen LogP contribution in [0.3, 0.4) is 0 Å². The molecule has 0 bridgehead atoms. The van der Waals surface area contributed by atoms with Gasteiger partial charge in [-0.05, 0) is 26.2 Å². The van der Waals surface area contributed by atoms with Gasteiger partial charge < -0.3 is 5.11 Å². The Kier molecular flexibility index (Phi) is 4.10. The lowest BCUT2D eigenvalue weighted by atomic mass is 10.0. The smallest absolute Gasteiger partial charge is 0.0844 e. The van der Waals surface area contributed by atoms with E-state index in [1.807, 2.05) is 18.5 Å². The predicted octanol–water partition coefficient (Wildman–Crippen LogP) is 3.09. The molecule has 2 rings (SSSR count). The van der Waals surface area contributed by atoms with Crippen molar-refractivity contribution in [1.82, 2.24) is 9.78 Å². The van der Waals surface area contributed by atoms with Gasteiger partial charge in [-0.1, -0.05) is 37.3 Å². The first kappa shape index (κ1) is 12.9. The van der Waals surface area contributed by atoms with Gasteiger partial charge in [-0.2, -0.15) is 5.10 Å². The molecule has 0 saturated heterocycles. The summed E-state index contributed by atoms with van der Waals surface area (Å²) in [6.07, 6.45) is 5.79. The van der Waals surface area contributed by atoms with E-state index in [9.17, 15) is 5.11 Å². The highest BCUT2D eigenvalue weighted by Crippen LogP contribution is 2.29. The lowest BCUT2D eigenvalue weighted by Gasteiger charge is -2.16. The third kappa shape index (κ3) is 3.02. The van der Waals surface area contributed by atoms with E-state index in [-0.39, 0.29) is 6.10 Å². The summed E-state index contributed by atoms with van der Waals surface area (Å²) >= 11 is 6.09. The minimum absolute atomic E-state index is 0.299. The average molecular weight is 257 g/mol. The zero-order chi connectivity index (χ0) is 12.4. The van der Waals surface area contributed by atoms with Crippen LogP contribution in [0.5, 0.6) is 0 Å². The number of nitrogens with zero attached hydrogens (tertiary/aromatic N) is 2. The van der Waals surface area contributed by atoms with Crippen molar-refractivity contribution in [2.45, 2.75) is 58.6 Å². The van der Waals surface area contributed by atoms with Crippen LogP contribution < -0.4 is 0 Å². The molecule has 0 amide bonds. The van der Waals surface area contributed by atoms with Crippen LogP contribution in [0.4, 0.5) is 0 Å². The van der Waals surface area contributed by atoms with Gasteiger partial charge >= 0.3 is 0 Å². The van der Waals surface area contributed by atoms with Crippen LogP contribution in [0.25, 0.3) is 0 Å². The third-order valence-corrected chi connectivity index (χ3v) is 4.30. The van der Waals surface area contributed by atoms with Crippen molar-refractivity contribution in [1.29, 1.82) is 0 Å². The zero-order valence-electron chi connectivity index (χ0n) is 10.6. The number of aromatic nitrogens is 2. The third-order valence-electron chi connectivity index (χ3n) is 3.76. The molecule has 1 N–H and O–H groups in total. The molecular weight excluding hydrogens is 236 g/mol. The topological polar surface area (TPSA) is 38.0 Å². The van der Waals surface area contributed by atoms with E-state index in [4.69, 9.17) is 11.6 Å². The quantitative estimate of drug-likeness (QED) is 0.899. The van der Waals surface area contributed by atoms with E-state index in [0.717, 1.165) is 22.8 Å². The van der Waals surface area contributed by atoms with Crippen molar-refractivity contribution in [2.75, 3.05) is 0 Å². The Hall–Kier alpha value is -0.540. The molecule has 1 atom stereocenters. The molecule has 1 aromatic rings. The number of halogens is 1. The molecule has 96 valence electrons. The van der Waals surface area contributed by atoms with E-state index in [1.54, 1.807) is 0 Å². The SMILES string of the molecule is Cc1nn(CC(O)CC2CCCC2)c(C)c1Cl. The molecular formula is C13H21ClN2O. The van der Waals surface area contributed by atoms with E-state index < -0.39 is 0 Å². The first-order chi connectivity index (χ1) is 8.08. The van der Waals surface area contributed by atoms with Gasteiger partial charge in [0.15, 0.2) is 0 Å². The second kappa shape index (κ2) is 5.40. The van der Waals surface area contributed by atoms with Gasteiger partial charge in [-0.25, -0.2) is 0 Å². The Morgan fingerprint density at radius 3 is 2.59 bits per heavy atom. The van der Waals surface area contributed by atoms with Crippen molar-refractivity contribution < 1.29 is 5.11 Å². The van der Waals surface area contributed by atoms with Gasteiger partial charge in [0.05, 0.1) is 29.1 Å². The molecule has 0 radical (unpaired) electrons. The summed E-state index contributed by atoms with van der Waals surface area (Å²) < 4.78 is 1.83. The van der Waals surface area contributed by atoms with Gasteiger partial charge in [0.1, 0.15) is 0 Å². The summed E-state index contributed by atoms with van der Waals surface area (Å²) in [7, 11) is 0. The van der Waals surface area contributed by atoms with Gasteiger partial charge in [0, 0.05) is 0 Å². The van der Waals surface area contributed by atoms with Gasteiger partial charge in [0.25, 0.3) is 0 Å². The first-order valence-corrected chi connectivity index (χ1v) is 6.83. The fourth-order valence-corrected chi connectivity index (χ4v) is 2.89. The highest BCUT2D eigenvalue weighted by molar-refractivity contribution is 6.31. The Bertz CT molecular complexity index is 383. The molecule has 0 spiro atoms. The van der Waals surface area contributed by atoms with Gasteiger partial charge in [-0.15, -0.1) is 0 Å².